The van der Waals surface area contributed by atoms with Crippen LogP contribution in [-0.4, -0.2) is 13.0 Å². The van der Waals surface area contributed by atoms with E-state index in [9.17, 15) is 4.79 Å². The molecule has 0 aliphatic heterocycles. The van der Waals surface area contributed by atoms with E-state index in [-0.39, 0.29) is 5.91 Å². The predicted molar refractivity (Wildman–Crippen MR) is 156 cm³/mol. The summed E-state index contributed by atoms with van der Waals surface area (Å²) in [6.07, 6.45) is 0. The molecule has 0 fully saturated rings. The number of methoxy groups -OCH3 is 1. The molecule has 0 aromatic heterocycles. The fourth-order valence-electron chi connectivity index (χ4n) is 4.43. The number of hydrogen-bond acceptors (Lipinski definition) is 2. The zero-order valence-electron chi connectivity index (χ0n) is 20.9. The summed E-state index contributed by atoms with van der Waals surface area (Å²) in [4.78, 5) is 13.6. The van der Waals surface area contributed by atoms with E-state index in [1.54, 1.807) is 7.11 Å². The highest BCUT2D eigenvalue weighted by molar-refractivity contribution is 7.80. The normalized spacial score (nSPS) is 10.8. The van der Waals surface area contributed by atoms with Gasteiger partial charge in [0.1, 0.15) is 5.75 Å². The van der Waals surface area contributed by atoms with Gasteiger partial charge in [-0.05, 0) is 72.2 Å². The lowest BCUT2D eigenvalue weighted by Crippen LogP contribution is -2.23. The molecule has 4 heteroatoms. The number of anilines is 1. The molecular weight excluding hydrogens is 473 g/mol. The molecule has 0 heterocycles. The maximum atomic E-state index is 13.6. The van der Waals surface area contributed by atoms with Crippen molar-refractivity contribution < 1.29 is 9.53 Å². The Morgan fingerprint density at radius 1 is 0.676 bits per heavy atom. The Labute approximate surface area is 219 Å². The summed E-state index contributed by atoms with van der Waals surface area (Å²) in [5.41, 5.74) is 4.48. The average molecular weight is 502 g/mol. The minimum Gasteiger partial charge on any atom is -0.497 e. The Kier molecular flexibility index (Phi) is 7.44. The van der Waals surface area contributed by atoms with E-state index < -0.39 is 7.92 Å². The third-order valence-corrected chi connectivity index (χ3v) is 8.73. The topological polar surface area (TPSA) is 38.3 Å². The molecule has 0 saturated heterocycles. The first-order valence-corrected chi connectivity index (χ1v) is 13.5. The van der Waals surface area contributed by atoms with E-state index in [4.69, 9.17) is 4.74 Å². The van der Waals surface area contributed by atoms with Crippen LogP contribution in [0.15, 0.2) is 127 Å². The molecule has 1 amide bonds. The van der Waals surface area contributed by atoms with Gasteiger partial charge in [0.2, 0.25) is 0 Å². The number of hydrogen-bond donors (Lipinski definition) is 1. The SMILES string of the molecule is COc1ccc(NC(=O)c2ccc(C)cc2-c2ccccc2P(c2ccccc2)c2ccccc2)cc1. The molecule has 0 aliphatic rings. The number of benzene rings is 5. The van der Waals surface area contributed by atoms with Gasteiger partial charge < -0.3 is 10.1 Å². The second-order valence-corrected chi connectivity index (χ2v) is 10.9. The van der Waals surface area contributed by atoms with Crippen LogP contribution in [-0.2, 0) is 0 Å². The standard InChI is InChI=1S/C33H28NO2P/c1-24-17-22-30(33(35)34-25-18-20-26(36-2)21-19-25)31(23-24)29-15-9-10-16-32(29)37(27-11-5-3-6-12-27)28-13-7-4-8-14-28/h3-23H,1-2H3,(H,34,35). The number of carbonyl (C=O) groups excluding carboxylic acids is 1. The van der Waals surface area contributed by atoms with Crippen molar-refractivity contribution in [2.45, 2.75) is 6.92 Å². The Balaban J connectivity index is 1.62. The molecule has 0 unspecified atom stereocenters. The Hall–Kier alpha value is -4.20. The average Bonchev–Trinajstić information content (AvgIpc) is 2.95. The number of aryl methyl sites for hydroxylation is 1. The van der Waals surface area contributed by atoms with Crippen molar-refractivity contribution in [1.29, 1.82) is 0 Å². The molecule has 0 atom stereocenters. The van der Waals surface area contributed by atoms with Crippen LogP contribution in [0.5, 0.6) is 5.75 Å². The van der Waals surface area contributed by atoms with E-state index in [0.29, 0.717) is 5.56 Å². The van der Waals surface area contributed by atoms with E-state index in [2.05, 4.69) is 103 Å². The van der Waals surface area contributed by atoms with Crippen LogP contribution >= 0.6 is 7.92 Å². The van der Waals surface area contributed by atoms with Gasteiger partial charge in [-0.2, -0.15) is 0 Å². The fraction of sp³-hybridized carbons (Fsp3) is 0.0606. The van der Waals surface area contributed by atoms with Crippen LogP contribution < -0.4 is 26.0 Å². The van der Waals surface area contributed by atoms with Crippen molar-refractivity contribution in [3.63, 3.8) is 0 Å². The molecule has 5 aromatic carbocycles. The smallest absolute Gasteiger partial charge is 0.256 e. The quantitative estimate of drug-likeness (QED) is 0.253. The largest absolute Gasteiger partial charge is 0.497 e. The van der Waals surface area contributed by atoms with Gasteiger partial charge in [-0.1, -0.05) is 103 Å². The number of rotatable bonds is 7. The Morgan fingerprint density at radius 3 is 1.89 bits per heavy atom. The van der Waals surface area contributed by atoms with Gasteiger partial charge in [0.15, 0.2) is 0 Å². The van der Waals surface area contributed by atoms with Crippen LogP contribution in [0, 0.1) is 6.92 Å². The molecule has 0 saturated carbocycles. The second-order valence-electron chi connectivity index (χ2n) is 8.76. The van der Waals surface area contributed by atoms with Crippen LogP contribution in [0.1, 0.15) is 15.9 Å². The zero-order valence-corrected chi connectivity index (χ0v) is 21.8. The zero-order chi connectivity index (χ0) is 25.6. The summed E-state index contributed by atoms with van der Waals surface area (Å²) in [7, 11) is 0.797. The van der Waals surface area contributed by atoms with Crippen molar-refractivity contribution in [1.82, 2.24) is 0 Å². The molecule has 0 radical (unpaired) electrons. The molecule has 182 valence electrons. The van der Waals surface area contributed by atoms with Crippen LogP contribution in [0.3, 0.4) is 0 Å². The van der Waals surface area contributed by atoms with Crippen molar-refractivity contribution in [3.05, 3.63) is 139 Å². The number of amides is 1. The fourth-order valence-corrected chi connectivity index (χ4v) is 6.90. The highest BCUT2D eigenvalue weighted by atomic mass is 31.1. The van der Waals surface area contributed by atoms with Gasteiger partial charge in [0, 0.05) is 11.3 Å². The first-order chi connectivity index (χ1) is 18.1. The van der Waals surface area contributed by atoms with Crippen molar-refractivity contribution in [2.75, 3.05) is 12.4 Å². The van der Waals surface area contributed by atoms with E-state index in [0.717, 1.165) is 28.1 Å². The Bertz CT molecular complexity index is 1460. The molecule has 37 heavy (non-hydrogen) atoms. The van der Waals surface area contributed by atoms with Gasteiger partial charge in [0.05, 0.1) is 7.11 Å². The van der Waals surface area contributed by atoms with Gasteiger partial charge in [-0.25, -0.2) is 0 Å². The molecule has 5 rings (SSSR count). The minimum atomic E-state index is -0.831. The first-order valence-electron chi connectivity index (χ1n) is 12.2. The van der Waals surface area contributed by atoms with Crippen LogP contribution in [0.2, 0.25) is 0 Å². The molecule has 5 aromatic rings. The van der Waals surface area contributed by atoms with Gasteiger partial charge >= 0.3 is 0 Å². The lowest BCUT2D eigenvalue weighted by Gasteiger charge is -2.23. The van der Waals surface area contributed by atoms with E-state index >= 15 is 0 Å². The van der Waals surface area contributed by atoms with Crippen LogP contribution in [0.4, 0.5) is 5.69 Å². The van der Waals surface area contributed by atoms with E-state index in [1.165, 1.54) is 15.9 Å². The molecule has 1 N–H and O–H groups in total. The number of carbonyl (C=O) groups is 1. The van der Waals surface area contributed by atoms with Crippen molar-refractivity contribution in [2.24, 2.45) is 0 Å². The summed E-state index contributed by atoms with van der Waals surface area (Å²) < 4.78 is 5.25. The summed E-state index contributed by atoms with van der Waals surface area (Å²) >= 11 is 0. The van der Waals surface area contributed by atoms with Crippen molar-refractivity contribution >= 4 is 35.4 Å². The lowest BCUT2D eigenvalue weighted by molar-refractivity contribution is 0.102. The molecule has 3 nitrogen and oxygen atoms in total. The second kappa shape index (κ2) is 11.2. The summed E-state index contributed by atoms with van der Waals surface area (Å²) in [5.74, 6) is 0.608. The van der Waals surface area contributed by atoms with Crippen molar-refractivity contribution in [3.8, 4) is 16.9 Å². The maximum Gasteiger partial charge on any atom is 0.256 e. The molecule has 0 bridgehead atoms. The lowest BCUT2D eigenvalue weighted by atomic mass is 9.97. The highest BCUT2D eigenvalue weighted by Gasteiger charge is 2.22. The highest BCUT2D eigenvalue weighted by Crippen LogP contribution is 2.38. The maximum absolute atomic E-state index is 13.6. The molecule has 0 spiro atoms. The van der Waals surface area contributed by atoms with Gasteiger partial charge in [0.25, 0.3) is 5.91 Å². The Morgan fingerprint density at radius 2 is 1.27 bits per heavy atom. The first kappa shape index (κ1) is 24.5. The van der Waals surface area contributed by atoms with Gasteiger partial charge in [-0.3, -0.25) is 4.79 Å². The summed E-state index contributed by atoms with van der Waals surface area (Å²) in [5, 5.41) is 6.83. The molecule has 0 aliphatic carbocycles. The number of nitrogens with one attached hydrogen (secondary N) is 1. The predicted octanol–water partition coefficient (Wildman–Crippen LogP) is 6.68. The molecular formula is C33H28NO2P. The van der Waals surface area contributed by atoms with E-state index in [1.807, 2.05) is 36.4 Å². The van der Waals surface area contributed by atoms with Gasteiger partial charge in [-0.15, -0.1) is 0 Å². The number of ether oxygens (including phenoxy) is 1. The minimum absolute atomic E-state index is 0.140. The third-order valence-electron chi connectivity index (χ3n) is 6.23. The third kappa shape index (κ3) is 5.48. The summed E-state index contributed by atoms with van der Waals surface area (Å²) in [6.45, 7) is 2.06. The van der Waals surface area contributed by atoms with Crippen LogP contribution in [0.25, 0.3) is 11.1 Å². The monoisotopic (exact) mass is 501 g/mol. The summed E-state index contributed by atoms with van der Waals surface area (Å²) in [6, 6.07) is 43.2.